The number of amides is 1. The molecule has 0 saturated carbocycles. The van der Waals surface area contributed by atoms with Crippen molar-refractivity contribution in [1.29, 1.82) is 0 Å². The van der Waals surface area contributed by atoms with Crippen molar-refractivity contribution in [3.05, 3.63) is 34.4 Å². The second-order valence-electron chi connectivity index (χ2n) is 2.26. The van der Waals surface area contributed by atoms with Crippen molar-refractivity contribution in [3.63, 3.8) is 0 Å². The molecule has 1 N–H and O–H groups in total. The molecular weight excluding hydrogens is 256 g/mol. The third kappa shape index (κ3) is 2.43. The van der Waals surface area contributed by atoms with Gasteiger partial charge in [-0.05, 0) is 6.07 Å². The number of rotatable bonds is 2. The van der Waals surface area contributed by atoms with E-state index in [1.165, 1.54) is 18.2 Å². The molecule has 0 aliphatic carbocycles. The quantitative estimate of drug-likeness (QED) is 0.654. The van der Waals surface area contributed by atoms with Crippen LogP contribution in [-0.2, 0) is 3.83 Å². The second kappa shape index (κ2) is 4.56. The highest BCUT2D eigenvalue weighted by atomic mass is 79.9. The fraction of sp³-hybridized carbons (Fsp3) is 0. The van der Waals surface area contributed by atoms with Gasteiger partial charge in [-0.3, -0.25) is 15.4 Å². The minimum absolute atomic E-state index is 0.0851. The van der Waals surface area contributed by atoms with E-state index in [9.17, 15) is 14.9 Å². The maximum atomic E-state index is 10.8. The number of para-hydroxylation sites is 2. The van der Waals surface area contributed by atoms with Crippen LogP contribution in [0.2, 0.25) is 0 Å². The summed E-state index contributed by atoms with van der Waals surface area (Å²) in [5, 5.41) is 12.7. The molecule has 0 radical (unpaired) electrons. The molecule has 0 heterocycles. The van der Waals surface area contributed by atoms with E-state index in [0.29, 0.717) is 0 Å². The van der Waals surface area contributed by atoms with Gasteiger partial charge in [-0.1, -0.05) is 12.1 Å². The van der Waals surface area contributed by atoms with Crippen LogP contribution in [0.25, 0.3) is 0 Å². The largest absolute Gasteiger partial charge is 0.423 e. The summed E-state index contributed by atoms with van der Waals surface area (Å²) in [4.78, 5) is 20.7. The van der Waals surface area contributed by atoms with Crippen LogP contribution in [0.5, 0.6) is 0 Å². The van der Waals surface area contributed by atoms with Crippen LogP contribution >= 0.6 is 16.3 Å². The standard InChI is InChI=1S/C7H5BrN2O4/c8-14-7(11)9-5-3-1-2-4-6(5)10(12)13/h1-4H,(H,9,11). The number of carbonyl (C=O) groups excluding carboxylic acids is 1. The van der Waals surface area contributed by atoms with Gasteiger partial charge in [0.05, 0.1) is 4.92 Å². The number of nitrogens with one attached hydrogen (secondary N) is 1. The van der Waals surface area contributed by atoms with Crippen LogP contribution in [0, 0.1) is 10.1 Å². The van der Waals surface area contributed by atoms with Gasteiger partial charge in [0.15, 0.2) is 16.3 Å². The van der Waals surface area contributed by atoms with Crippen LogP contribution < -0.4 is 5.32 Å². The highest BCUT2D eigenvalue weighted by molar-refractivity contribution is 9.06. The summed E-state index contributed by atoms with van der Waals surface area (Å²) in [6.07, 6.45) is -0.820. The number of nitrogens with zero attached hydrogens (tertiary/aromatic N) is 1. The third-order valence-electron chi connectivity index (χ3n) is 1.41. The van der Waals surface area contributed by atoms with E-state index in [4.69, 9.17) is 0 Å². The van der Waals surface area contributed by atoms with Crippen LogP contribution in [0.3, 0.4) is 0 Å². The van der Waals surface area contributed by atoms with Gasteiger partial charge in [0, 0.05) is 6.07 Å². The van der Waals surface area contributed by atoms with Crippen molar-refractivity contribution in [2.24, 2.45) is 0 Å². The highest BCUT2D eigenvalue weighted by Crippen LogP contribution is 2.23. The molecule has 0 saturated heterocycles. The fourth-order valence-corrected chi connectivity index (χ4v) is 0.949. The van der Waals surface area contributed by atoms with Gasteiger partial charge in [-0.2, -0.15) is 0 Å². The molecule has 6 nitrogen and oxygen atoms in total. The number of nitro benzene ring substituents is 1. The zero-order chi connectivity index (χ0) is 10.6. The summed E-state index contributed by atoms with van der Waals surface area (Å²) in [6.45, 7) is 0. The summed E-state index contributed by atoms with van der Waals surface area (Å²) < 4.78 is 4.13. The van der Waals surface area contributed by atoms with Gasteiger partial charge in [-0.15, -0.1) is 0 Å². The van der Waals surface area contributed by atoms with E-state index < -0.39 is 11.0 Å². The minimum Gasteiger partial charge on any atom is -0.367 e. The van der Waals surface area contributed by atoms with Crippen LogP contribution in [0.15, 0.2) is 24.3 Å². The summed E-state index contributed by atoms with van der Waals surface area (Å²) in [5.41, 5.74) is -0.104. The van der Waals surface area contributed by atoms with Gasteiger partial charge in [-0.25, -0.2) is 4.79 Å². The summed E-state index contributed by atoms with van der Waals surface area (Å²) in [7, 11) is 0. The number of hydrogen-bond acceptors (Lipinski definition) is 4. The topological polar surface area (TPSA) is 81.5 Å². The molecule has 1 aromatic rings. The predicted octanol–water partition coefficient (Wildman–Crippen LogP) is 2.45. The van der Waals surface area contributed by atoms with E-state index in [2.05, 4.69) is 25.4 Å². The van der Waals surface area contributed by atoms with Crippen LogP contribution in [-0.4, -0.2) is 11.0 Å². The van der Waals surface area contributed by atoms with Crippen molar-refractivity contribution in [3.8, 4) is 0 Å². The Labute approximate surface area is 87.5 Å². The number of halogens is 1. The Morgan fingerprint density at radius 1 is 1.50 bits per heavy atom. The smallest absolute Gasteiger partial charge is 0.367 e. The first-order valence-electron chi connectivity index (χ1n) is 3.48. The maximum Gasteiger partial charge on any atom is 0.423 e. The third-order valence-corrected chi connectivity index (χ3v) is 1.70. The Balaban J connectivity index is 2.95. The van der Waals surface area contributed by atoms with Gasteiger partial charge in [0.25, 0.3) is 5.69 Å². The Morgan fingerprint density at radius 3 is 2.71 bits per heavy atom. The summed E-state index contributed by atoms with van der Waals surface area (Å²) >= 11 is 2.45. The number of anilines is 1. The SMILES string of the molecule is O=C(Nc1ccccc1[N+](=O)[O-])OBr. The Bertz CT molecular complexity index is 368. The molecule has 0 aliphatic rings. The summed E-state index contributed by atoms with van der Waals surface area (Å²) in [6, 6.07) is 5.76. The molecular formula is C7H5BrN2O4. The predicted molar refractivity (Wildman–Crippen MR) is 52.1 cm³/mol. The second-order valence-corrected chi connectivity index (χ2v) is 2.59. The van der Waals surface area contributed by atoms with E-state index >= 15 is 0 Å². The van der Waals surface area contributed by atoms with Crippen molar-refractivity contribution in [1.82, 2.24) is 0 Å². The molecule has 14 heavy (non-hydrogen) atoms. The van der Waals surface area contributed by atoms with Gasteiger partial charge in [0.1, 0.15) is 5.69 Å². The molecule has 1 aromatic carbocycles. The fourth-order valence-electron chi connectivity index (χ4n) is 0.868. The lowest BCUT2D eigenvalue weighted by Crippen LogP contribution is -2.09. The normalized spacial score (nSPS) is 9.21. The zero-order valence-electron chi connectivity index (χ0n) is 6.77. The van der Waals surface area contributed by atoms with Crippen molar-refractivity contribution in [2.75, 3.05) is 5.32 Å². The minimum atomic E-state index is -0.820. The lowest BCUT2D eigenvalue weighted by molar-refractivity contribution is -0.383. The van der Waals surface area contributed by atoms with Gasteiger partial charge in [0.2, 0.25) is 0 Å². The lowest BCUT2D eigenvalue weighted by atomic mass is 10.3. The first-order valence-corrected chi connectivity index (χ1v) is 4.13. The number of carbonyl (C=O) groups is 1. The molecule has 0 aromatic heterocycles. The van der Waals surface area contributed by atoms with Gasteiger partial charge < -0.3 is 3.83 Å². The Morgan fingerprint density at radius 2 is 2.14 bits per heavy atom. The molecule has 0 atom stereocenters. The maximum absolute atomic E-state index is 10.8. The first kappa shape index (κ1) is 10.5. The van der Waals surface area contributed by atoms with Gasteiger partial charge >= 0.3 is 6.09 Å². The average Bonchev–Trinajstić information content (AvgIpc) is 2.18. The zero-order valence-corrected chi connectivity index (χ0v) is 8.35. The van der Waals surface area contributed by atoms with E-state index in [-0.39, 0.29) is 11.4 Å². The first-order chi connectivity index (χ1) is 6.65. The monoisotopic (exact) mass is 260 g/mol. The molecule has 0 bridgehead atoms. The van der Waals surface area contributed by atoms with E-state index in [0.717, 1.165) is 0 Å². The Kier molecular flexibility index (Phi) is 3.41. The highest BCUT2D eigenvalue weighted by Gasteiger charge is 2.14. The lowest BCUT2D eigenvalue weighted by Gasteiger charge is -2.02. The van der Waals surface area contributed by atoms with Crippen LogP contribution in [0.1, 0.15) is 0 Å². The average molecular weight is 261 g/mol. The van der Waals surface area contributed by atoms with Crippen molar-refractivity contribution < 1.29 is 13.5 Å². The van der Waals surface area contributed by atoms with Crippen molar-refractivity contribution >= 4 is 33.7 Å². The van der Waals surface area contributed by atoms with E-state index in [1.54, 1.807) is 6.07 Å². The molecule has 0 spiro atoms. The molecule has 7 heteroatoms. The summed E-state index contributed by atoms with van der Waals surface area (Å²) in [5.74, 6) is 0. The van der Waals surface area contributed by atoms with Crippen molar-refractivity contribution in [2.45, 2.75) is 0 Å². The number of benzene rings is 1. The molecule has 0 unspecified atom stereocenters. The van der Waals surface area contributed by atoms with E-state index in [1.807, 2.05) is 0 Å². The molecule has 0 fully saturated rings. The molecule has 0 aliphatic heterocycles. The number of hydrogen-bond donors (Lipinski definition) is 1. The molecule has 74 valence electrons. The number of nitro groups is 1. The molecule has 1 rings (SSSR count). The molecule has 1 amide bonds. The Hall–Kier alpha value is -1.63. The van der Waals surface area contributed by atoms with Crippen LogP contribution in [0.4, 0.5) is 16.2 Å².